The zero-order chi connectivity index (χ0) is 13.0. The van der Waals surface area contributed by atoms with Crippen LogP contribution in [-0.4, -0.2) is 18.1 Å². The minimum atomic E-state index is -0.680. The molecule has 0 bridgehead atoms. The van der Waals surface area contributed by atoms with Crippen LogP contribution in [0.3, 0.4) is 0 Å². The van der Waals surface area contributed by atoms with Crippen molar-refractivity contribution in [2.45, 2.75) is 32.9 Å². The summed E-state index contributed by atoms with van der Waals surface area (Å²) < 4.78 is 18.9. The molecule has 5 heteroatoms. The van der Waals surface area contributed by atoms with Crippen LogP contribution in [0.5, 0.6) is 5.75 Å². The Hall–Kier alpha value is -1.62. The summed E-state index contributed by atoms with van der Waals surface area (Å²) in [5, 5.41) is 2.40. The molecule has 1 aromatic rings. The van der Waals surface area contributed by atoms with Crippen molar-refractivity contribution < 1.29 is 13.9 Å². The van der Waals surface area contributed by atoms with Crippen molar-refractivity contribution in [3.05, 3.63) is 24.0 Å². The van der Waals surface area contributed by atoms with Gasteiger partial charge < -0.3 is 15.8 Å². The average molecular weight is 240 g/mol. The number of rotatable bonds is 4. The Bertz CT molecular complexity index is 405. The first kappa shape index (κ1) is 13.4. The maximum atomic E-state index is 13.6. The largest absolute Gasteiger partial charge is 0.491 e. The van der Waals surface area contributed by atoms with Gasteiger partial charge in [0.25, 0.3) is 0 Å². The van der Waals surface area contributed by atoms with Gasteiger partial charge >= 0.3 is 0 Å². The summed E-state index contributed by atoms with van der Waals surface area (Å²) >= 11 is 0. The average Bonchev–Trinajstić information content (AvgIpc) is 2.20. The summed E-state index contributed by atoms with van der Waals surface area (Å²) in [7, 11) is 0. The molecular formula is C12H17FN2O2. The molecule has 0 aliphatic heterocycles. The van der Waals surface area contributed by atoms with Crippen LogP contribution >= 0.6 is 0 Å². The maximum absolute atomic E-state index is 13.6. The van der Waals surface area contributed by atoms with Gasteiger partial charge in [-0.1, -0.05) is 0 Å². The van der Waals surface area contributed by atoms with Crippen LogP contribution in [0, 0.1) is 5.82 Å². The van der Waals surface area contributed by atoms with Gasteiger partial charge in [0.15, 0.2) is 0 Å². The van der Waals surface area contributed by atoms with Crippen molar-refractivity contribution in [2.75, 3.05) is 5.32 Å². The van der Waals surface area contributed by atoms with E-state index < -0.39 is 17.8 Å². The highest BCUT2D eigenvalue weighted by atomic mass is 19.1. The third kappa shape index (κ3) is 4.03. The third-order valence-corrected chi connectivity index (χ3v) is 1.98. The van der Waals surface area contributed by atoms with E-state index in [1.807, 2.05) is 13.8 Å². The molecule has 1 rings (SSSR count). The normalized spacial score (nSPS) is 12.4. The van der Waals surface area contributed by atoms with E-state index in [0.717, 1.165) is 0 Å². The van der Waals surface area contributed by atoms with Gasteiger partial charge in [-0.3, -0.25) is 4.79 Å². The molecule has 17 heavy (non-hydrogen) atoms. The number of nitrogens with two attached hydrogens (primary N) is 1. The second kappa shape index (κ2) is 5.63. The fraction of sp³-hybridized carbons (Fsp3) is 0.417. The molecule has 0 fully saturated rings. The Morgan fingerprint density at radius 1 is 1.41 bits per heavy atom. The van der Waals surface area contributed by atoms with Gasteiger partial charge in [0.1, 0.15) is 11.6 Å². The smallest absolute Gasteiger partial charge is 0.241 e. The molecule has 0 aliphatic carbocycles. The van der Waals surface area contributed by atoms with E-state index in [4.69, 9.17) is 10.5 Å². The van der Waals surface area contributed by atoms with Crippen molar-refractivity contribution in [3.63, 3.8) is 0 Å². The maximum Gasteiger partial charge on any atom is 0.241 e. The van der Waals surface area contributed by atoms with Gasteiger partial charge in [-0.05, 0) is 32.9 Å². The zero-order valence-electron chi connectivity index (χ0n) is 10.2. The first-order valence-corrected chi connectivity index (χ1v) is 5.43. The minimum Gasteiger partial charge on any atom is -0.491 e. The number of carbonyl (C=O) groups is 1. The molecule has 0 aliphatic rings. The molecule has 0 unspecified atom stereocenters. The number of hydrogen-bond acceptors (Lipinski definition) is 3. The minimum absolute atomic E-state index is 0.0288. The Morgan fingerprint density at radius 3 is 2.53 bits per heavy atom. The lowest BCUT2D eigenvalue weighted by molar-refractivity contribution is -0.117. The van der Waals surface area contributed by atoms with E-state index in [2.05, 4.69) is 5.32 Å². The van der Waals surface area contributed by atoms with E-state index in [-0.39, 0.29) is 11.8 Å². The summed E-state index contributed by atoms with van der Waals surface area (Å²) in [5.74, 6) is -0.546. The highest BCUT2D eigenvalue weighted by Crippen LogP contribution is 2.21. The number of halogens is 1. The number of hydrogen-bond donors (Lipinski definition) is 2. The van der Waals surface area contributed by atoms with Crippen LogP contribution in [0.25, 0.3) is 0 Å². The number of carbonyl (C=O) groups excluding carboxylic acids is 1. The van der Waals surface area contributed by atoms with E-state index in [9.17, 15) is 9.18 Å². The topological polar surface area (TPSA) is 64.3 Å². The monoisotopic (exact) mass is 240 g/mol. The number of ether oxygens (including phenoxy) is 1. The van der Waals surface area contributed by atoms with Crippen LogP contribution in [0.2, 0.25) is 0 Å². The van der Waals surface area contributed by atoms with Gasteiger partial charge in [-0.25, -0.2) is 4.39 Å². The predicted octanol–water partition coefficient (Wildman–Crippen LogP) is 1.90. The fourth-order valence-corrected chi connectivity index (χ4v) is 1.19. The predicted molar refractivity (Wildman–Crippen MR) is 64.4 cm³/mol. The number of amides is 1. The zero-order valence-corrected chi connectivity index (χ0v) is 10.2. The number of benzene rings is 1. The number of nitrogens with one attached hydrogen (secondary N) is 1. The molecule has 0 saturated carbocycles. The molecule has 1 aromatic carbocycles. The van der Waals surface area contributed by atoms with Crippen LogP contribution in [-0.2, 0) is 4.79 Å². The van der Waals surface area contributed by atoms with Crippen molar-refractivity contribution >= 4 is 11.6 Å². The quantitative estimate of drug-likeness (QED) is 0.844. The Morgan fingerprint density at radius 2 is 2.06 bits per heavy atom. The van der Waals surface area contributed by atoms with Gasteiger partial charge in [-0.15, -0.1) is 0 Å². The van der Waals surface area contributed by atoms with Crippen LogP contribution in [0.4, 0.5) is 10.1 Å². The molecular weight excluding hydrogens is 223 g/mol. The molecule has 4 nitrogen and oxygen atoms in total. The summed E-state index contributed by atoms with van der Waals surface area (Å²) in [4.78, 5) is 11.3. The molecule has 0 aromatic heterocycles. The van der Waals surface area contributed by atoms with Crippen LogP contribution < -0.4 is 15.8 Å². The SMILES string of the molecule is CC(C)Oc1ccc(NC(=O)[C@H](C)N)c(F)c1. The molecule has 94 valence electrons. The summed E-state index contributed by atoms with van der Waals surface area (Å²) in [5.41, 5.74) is 5.47. The lowest BCUT2D eigenvalue weighted by atomic mass is 10.2. The van der Waals surface area contributed by atoms with Crippen LogP contribution in [0.15, 0.2) is 18.2 Å². The molecule has 0 radical (unpaired) electrons. The van der Waals surface area contributed by atoms with Crippen LogP contribution in [0.1, 0.15) is 20.8 Å². The number of anilines is 1. The molecule has 0 saturated heterocycles. The van der Waals surface area contributed by atoms with Gasteiger partial charge in [-0.2, -0.15) is 0 Å². The lowest BCUT2D eigenvalue weighted by Gasteiger charge is -2.12. The molecule has 0 heterocycles. The van der Waals surface area contributed by atoms with Crippen molar-refractivity contribution in [3.8, 4) is 5.75 Å². The Labute approximate surface area is 100.0 Å². The highest BCUT2D eigenvalue weighted by molar-refractivity contribution is 5.94. The fourth-order valence-electron chi connectivity index (χ4n) is 1.19. The molecule has 0 spiro atoms. The van der Waals surface area contributed by atoms with Crippen molar-refractivity contribution in [1.29, 1.82) is 0 Å². The first-order chi connectivity index (χ1) is 7.90. The molecule has 3 N–H and O–H groups in total. The van der Waals surface area contributed by atoms with Gasteiger partial charge in [0.05, 0.1) is 17.8 Å². The summed E-state index contributed by atoms with van der Waals surface area (Å²) in [6, 6.07) is 3.60. The van der Waals surface area contributed by atoms with Gasteiger partial charge in [0.2, 0.25) is 5.91 Å². The van der Waals surface area contributed by atoms with E-state index in [1.54, 1.807) is 6.07 Å². The second-order valence-electron chi connectivity index (χ2n) is 4.09. The highest BCUT2D eigenvalue weighted by Gasteiger charge is 2.11. The first-order valence-electron chi connectivity index (χ1n) is 5.43. The van der Waals surface area contributed by atoms with Gasteiger partial charge in [0, 0.05) is 6.07 Å². The van der Waals surface area contributed by atoms with E-state index in [0.29, 0.717) is 5.75 Å². The third-order valence-electron chi connectivity index (χ3n) is 1.98. The van der Waals surface area contributed by atoms with E-state index in [1.165, 1.54) is 19.1 Å². The second-order valence-corrected chi connectivity index (χ2v) is 4.09. The van der Waals surface area contributed by atoms with Crippen molar-refractivity contribution in [2.24, 2.45) is 5.73 Å². The Balaban J connectivity index is 2.79. The standard InChI is InChI=1S/C12H17FN2O2/c1-7(2)17-9-4-5-11(10(13)6-9)15-12(16)8(3)14/h4-8H,14H2,1-3H3,(H,15,16)/t8-/m0/s1. The van der Waals surface area contributed by atoms with Crippen molar-refractivity contribution in [1.82, 2.24) is 0 Å². The van der Waals surface area contributed by atoms with E-state index >= 15 is 0 Å². The molecule has 1 amide bonds. The summed E-state index contributed by atoms with van der Waals surface area (Å²) in [6.07, 6.45) is -0.0288. The lowest BCUT2D eigenvalue weighted by Crippen LogP contribution is -2.32. The molecule has 1 atom stereocenters. The summed E-state index contributed by atoms with van der Waals surface area (Å²) in [6.45, 7) is 5.23. The Kier molecular flexibility index (Phi) is 4.45.